The van der Waals surface area contributed by atoms with Crippen molar-refractivity contribution in [2.45, 2.75) is 32.5 Å². The zero-order valence-corrected chi connectivity index (χ0v) is 20.6. The second-order valence-electron chi connectivity index (χ2n) is 8.18. The molecule has 1 aliphatic rings. The zero-order chi connectivity index (χ0) is 25.0. The Balaban J connectivity index is 1.60. The van der Waals surface area contributed by atoms with Crippen molar-refractivity contribution in [3.8, 4) is 11.5 Å². The second kappa shape index (κ2) is 13.6. The molecule has 9 nitrogen and oxygen atoms in total. The summed E-state index contributed by atoms with van der Waals surface area (Å²) in [5, 5.41) is 5.56. The van der Waals surface area contributed by atoms with Gasteiger partial charge in [-0.2, -0.15) is 0 Å². The summed E-state index contributed by atoms with van der Waals surface area (Å²) in [6, 6.07) is 14.3. The van der Waals surface area contributed by atoms with Crippen LogP contribution in [0.3, 0.4) is 0 Å². The van der Waals surface area contributed by atoms with Crippen LogP contribution in [0.1, 0.15) is 31.0 Å². The third-order valence-corrected chi connectivity index (χ3v) is 5.77. The summed E-state index contributed by atoms with van der Waals surface area (Å²) in [5.74, 6) is 1.03. The molecule has 0 bridgehead atoms. The Morgan fingerprint density at radius 3 is 2.51 bits per heavy atom. The Morgan fingerprint density at radius 1 is 1.09 bits per heavy atom. The first kappa shape index (κ1) is 26.3. The molecule has 190 valence electrons. The maximum absolute atomic E-state index is 12.8. The zero-order valence-electron chi connectivity index (χ0n) is 20.6. The molecule has 2 N–H and O–H groups in total. The summed E-state index contributed by atoms with van der Waals surface area (Å²) in [4.78, 5) is 27.2. The number of nitrogens with zero attached hydrogens (tertiary/aromatic N) is 1. The summed E-state index contributed by atoms with van der Waals surface area (Å²) in [7, 11) is 1.61. The Bertz CT molecular complexity index is 949. The molecule has 3 rings (SSSR count). The summed E-state index contributed by atoms with van der Waals surface area (Å²) in [5.41, 5.74) is 1.87. The van der Waals surface area contributed by atoms with Crippen molar-refractivity contribution in [3.63, 3.8) is 0 Å². The molecular formula is C26H35N3O6. The first-order valence-electron chi connectivity index (χ1n) is 11.9. The van der Waals surface area contributed by atoms with E-state index in [0.29, 0.717) is 37.9 Å². The number of hydrogen-bond donors (Lipinski definition) is 2. The summed E-state index contributed by atoms with van der Waals surface area (Å²) >= 11 is 0. The number of amides is 2. The van der Waals surface area contributed by atoms with Gasteiger partial charge in [0.1, 0.15) is 12.6 Å². The van der Waals surface area contributed by atoms with E-state index in [2.05, 4.69) is 15.5 Å². The lowest BCUT2D eigenvalue weighted by molar-refractivity contribution is -0.123. The van der Waals surface area contributed by atoms with Crippen LogP contribution in [0.15, 0.2) is 48.5 Å². The van der Waals surface area contributed by atoms with Crippen LogP contribution in [0.2, 0.25) is 0 Å². The minimum atomic E-state index is -0.751. The Hall–Kier alpha value is -3.30. The molecule has 1 saturated heterocycles. The monoisotopic (exact) mass is 485 g/mol. The molecule has 9 heteroatoms. The van der Waals surface area contributed by atoms with E-state index in [9.17, 15) is 9.59 Å². The van der Waals surface area contributed by atoms with Crippen molar-refractivity contribution in [3.05, 3.63) is 59.7 Å². The average Bonchev–Trinajstić information content (AvgIpc) is 2.89. The van der Waals surface area contributed by atoms with Crippen LogP contribution in [-0.4, -0.2) is 69.5 Å². The van der Waals surface area contributed by atoms with Gasteiger partial charge < -0.3 is 29.6 Å². The third kappa shape index (κ3) is 7.87. The number of nitrogens with one attached hydrogen (secondary N) is 2. The largest absolute Gasteiger partial charge is 0.493 e. The van der Waals surface area contributed by atoms with Crippen molar-refractivity contribution in [1.82, 2.24) is 15.5 Å². The van der Waals surface area contributed by atoms with E-state index < -0.39 is 12.1 Å². The molecule has 0 radical (unpaired) electrons. The second-order valence-corrected chi connectivity index (χ2v) is 8.18. The summed E-state index contributed by atoms with van der Waals surface area (Å²) in [6.45, 7) is 7.34. The minimum absolute atomic E-state index is 0.0929. The van der Waals surface area contributed by atoms with E-state index in [1.165, 1.54) is 0 Å². The molecule has 0 aliphatic carbocycles. The van der Waals surface area contributed by atoms with Gasteiger partial charge in [-0.15, -0.1) is 0 Å². The number of carbonyl (C=O) groups is 2. The highest BCUT2D eigenvalue weighted by Crippen LogP contribution is 2.32. The molecule has 2 atom stereocenters. The molecule has 2 aromatic carbocycles. The number of methoxy groups -OCH3 is 1. The number of alkyl carbamates (subject to hydrolysis) is 1. The maximum atomic E-state index is 12.8. The standard InChI is InChI=1S/C26H35N3O6/c1-4-34-23-11-10-21(16-24(23)32-3)22(29-12-14-33-15-13-29)17-27-25(30)19(2)28-26(31)35-18-20-8-6-5-7-9-20/h5-11,16,19,22H,4,12-15,17-18H2,1-3H3,(H,27,30)(H,28,31)/t19-,22?/m0/s1. The number of hydrogen-bond acceptors (Lipinski definition) is 7. The lowest BCUT2D eigenvalue weighted by Gasteiger charge is -2.35. The number of ether oxygens (including phenoxy) is 4. The highest BCUT2D eigenvalue weighted by Gasteiger charge is 2.25. The van der Waals surface area contributed by atoms with E-state index in [4.69, 9.17) is 18.9 Å². The summed E-state index contributed by atoms with van der Waals surface area (Å²) < 4.78 is 21.9. The molecule has 1 fully saturated rings. The van der Waals surface area contributed by atoms with Crippen molar-refractivity contribution >= 4 is 12.0 Å². The van der Waals surface area contributed by atoms with Crippen LogP contribution >= 0.6 is 0 Å². The lowest BCUT2D eigenvalue weighted by Crippen LogP contribution is -2.48. The number of morpholine rings is 1. The van der Waals surface area contributed by atoms with Crippen LogP contribution in [-0.2, 0) is 20.9 Å². The highest BCUT2D eigenvalue weighted by molar-refractivity contribution is 5.85. The van der Waals surface area contributed by atoms with Crippen LogP contribution < -0.4 is 20.1 Å². The van der Waals surface area contributed by atoms with Gasteiger partial charge >= 0.3 is 6.09 Å². The van der Waals surface area contributed by atoms with Gasteiger partial charge in [0.05, 0.1) is 33.0 Å². The molecule has 35 heavy (non-hydrogen) atoms. The van der Waals surface area contributed by atoms with Crippen molar-refractivity contribution in [2.24, 2.45) is 0 Å². The molecule has 2 amide bonds. The fourth-order valence-corrected chi connectivity index (χ4v) is 3.87. The van der Waals surface area contributed by atoms with E-state index in [1.54, 1.807) is 14.0 Å². The Morgan fingerprint density at radius 2 is 1.83 bits per heavy atom. The van der Waals surface area contributed by atoms with E-state index in [0.717, 1.165) is 24.2 Å². The van der Waals surface area contributed by atoms with Gasteiger partial charge in [-0.3, -0.25) is 9.69 Å². The van der Waals surface area contributed by atoms with Gasteiger partial charge in [-0.1, -0.05) is 36.4 Å². The Kier molecular flexibility index (Phi) is 10.2. The lowest BCUT2D eigenvalue weighted by atomic mass is 10.0. The normalized spacial score (nSPS) is 15.5. The quantitative estimate of drug-likeness (QED) is 0.505. The van der Waals surface area contributed by atoms with Crippen LogP contribution in [0.5, 0.6) is 11.5 Å². The van der Waals surface area contributed by atoms with Gasteiger partial charge in [0, 0.05) is 19.6 Å². The van der Waals surface area contributed by atoms with Gasteiger partial charge in [0.15, 0.2) is 11.5 Å². The number of rotatable bonds is 11. The smallest absolute Gasteiger partial charge is 0.408 e. The average molecular weight is 486 g/mol. The molecular weight excluding hydrogens is 450 g/mol. The highest BCUT2D eigenvalue weighted by atomic mass is 16.5. The van der Waals surface area contributed by atoms with Crippen molar-refractivity contribution < 1.29 is 28.5 Å². The van der Waals surface area contributed by atoms with Gasteiger partial charge in [0.2, 0.25) is 5.91 Å². The fraction of sp³-hybridized carbons (Fsp3) is 0.462. The van der Waals surface area contributed by atoms with Crippen LogP contribution in [0.25, 0.3) is 0 Å². The topological polar surface area (TPSA) is 98.4 Å². The minimum Gasteiger partial charge on any atom is -0.493 e. The maximum Gasteiger partial charge on any atom is 0.408 e. The van der Waals surface area contributed by atoms with Crippen LogP contribution in [0.4, 0.5) is 4.79 Å². The molecule has 0 aromatic heterocycles. The van der Waals surface area contributed by atoms with Crippen LogP contribution in [0, 0.1) is 0 Å². The van der Waals surface area contributed by atoms with Gasteiger partial charge in [0.25, 0.3) is 0 Å². The molecule has 1 unspecified atom stereocenters. The molecule has 1 heterocycles. The predicted octanol–water partition coefficient (Wildman–Crippen LogP) is 2.90. The molecule has 0 saturated carbocycles. The summed E-state index contributed by atoms with van der Waals surface area (Å²) in [6.07, 6.45) is -0.641. The van der Waals surface area contributed by atoms with Crippen molar-refractivity contribution in [1.29, 1.82) is 0 Å². The molecule has 0 spiro atoms. The molecule has 1 aliphatic heterocycles. The van der Waals surface area contributed by atoms with Crippen molar-refractivity contribution in [2.75, 3.05) is 46.6 Å². The number of benzene rings is 2. The first-order chi connectivity index (χ1) is 17.0. The SMILES string of the molecule is CCOc1ccc(C(CNC(=O)[C@H](C)NC(=O)OCc2ccccc2)N2CCOCC2)cc1OC. The molecule has 2 aromatic rings. The van der Waals surface area contributed by atoms with E-state index in [-0.39, 0.29) is 18.6 Å². The van der Waals surface area contributed by atoms with E-state index in [1.807, 2.05) is 55.5 Å². The van der Waals surface area contributed by atoms with Gasteiger partial charge in [-0.25, -0.2) is 4.79 Å². The first-order valence-corrected chi connectivity index (χ1v) is 11.9. The third-order valence-electron chi connectivity index (χ3n) is 5.77. The number of carbonyl (C=O) groups excluding carboxylic acids is 2. The Labute approximate surface area is 206 Å². The fourth-order valence-electron chi connectivity index (χ4n) is 3.87. The van der Waals surface area contributed by atoms with E-state index >= 15 is 0 Å². The predicted molar refractivity (Wildman–Crippen MR) is 132 cm³/mol. The van der Waals surface area contributed by atoms with Gasteiger partial charge in [-0.05, 0) is 37.1 Å².